The van der Waals surface area contributed by atoms with Gasteiger partial charge in [-0.3, -0.25) is 4.79 Å². The van der Waals surface area contributed by atoms with Crippen LogP contribution in [0.2, 0.25) is 0 Å². The highest BCUT2D eigenvalue weighted by Crippen LogP contribution is 2.35. The van der Waals surface area contributed by atoms with Crippen molar-refractivity contribution >= 4 is 16.8 Å². The molecule has 124 valence electrons. The zero-order valence-electron chi connectivity index (χ0n) is 14.1. The van der Waals surface area contributed by atoms with Crippen molar-refractivity contribution < 1.29 is 9.90 Å². The Labute approximate surface area is 137 Å². The van der Waals surface area contributed by atoms with Gasteiger partial charge in [0.05, 0.1) is 0 Å². The fourth-order valence-electron chi connectivity index (χ4n) is 3.70. The summed E-state index contributed by atoms with van der Waals surface area (Å²) in [6, 6.07) is 10.2. The normalized spacial score (nSPS) is 17.6. The summed E-state index contributed by atoms with van der Waals surface area (Å²) >= 11 is 0. The molecule has 0 unspecified atom stereocenters. The van der Waals surface area contributed by atoms with E-state index in [-0.39, 0.29) is 17.9 Å². The van der Waals surface area contributed by atoms with Crippen molar-refractivity contribution in [2.75, 3.05) is 19.7 Å². The van der Waals surface area contributed by atoms with Gasteiger partial charge >= 0.3 is 0 Å². The third-order valence-electron chi connectivity index (χ3n) is 5.54. The number of carbonyl (C=O) groups excluding carboxylic acids is 1. The van der Waals surface area contributed by atoms with Crippen LogP contribution in [0.1, 0.15) is 43.6 Å². The average molecular weight is 314 g/mol. The van der Waals surface area contributed by atoms with Gasteiger partial charge in [-0.15, -0.1) is 0 Å². The molecule has 2 aromatic rings. The maximum Gasteiger partial charge on any atom is 0.270 e. The van der Waals surface area contributed by atoms with E-state index in [1.807, 2.05) is 23.1 Å². The molecule has 3 rings (SSSR count). The Balaban J connectivity index is 1.84. The van der Waals surface area contributed by atoms with Crippen LogP contribution in [0.3, 0.4) is 0 Å². The summed E-state index contributed by atoms with van der Waals surface area (Å²) in [6.07, 6.45) is 2.75. The highest BCUT2D eigenvalue weighted by molar-refractivity contribution is 5.98. The van der Waals surface area contributed by atoms with Crippen molar-refractivity contribution in [2.45, 2.75) is 39.7 Å². The number of rotatable bonds is 4. The van der Waals surface area contributed by atoms with Crippen molar-refractivity contribution in [3.05, 3.63) is 36.0 Å². The molecule has 1 aliphatic heterocycles. The number of carbonyl (C=O) groups is 1. The molecule has 0 atom stereocenters. The second kappa shape index (κ2) is 6.36. The Kier molecular flexibility index (Phi) is 4.44. The van der Waals surface area contributed by atoms with Gasteiger partial charge in [0.25, 0.3) is 5.91 Å². The molecule has 1 N–H and O–H groups in total. The second-order valence-electron chi connectivity index (χ2n) is 6.64. The molecular formula is C19H26N2O2. The molecule has 0 spiro atoms. The highest BCUT2D eigenvalue weighted by Gasteiger charge is 2.34. The fraction of sp³-hybridized carbons (Fsp3) is 0.526. The summed E-state index contributed by atoms with van der Waals surface area (Å²) < 4.78 is 2.10. The van der Waals surface area contributed by atoms with Crippen molar-refractivity contribution in [1.29, 1.82) is 0 Å². The van der Waals surface area contributed by atoms with Crippen molar-refractivity contribution in [1.82, 2.24) is 9.47 Å². The van der Waals surface area contributed by atoms with Gasteiger partial charge in [-0.25, -0.2) is 0 Å². The third-order valence-corrected chi connectivity index (χ3v) is 5.54. The van der Waals surface area contributed by atoms with Crippen LogP contribution in [0.15, 0.2) is 30.3 Å². The predicted octanol–water partition coefficient (Wildman–Crippen LogP) is 3.29. The van der Waals surface area contributed by atoms with Gasteiger partial charge in [0, 0.05) is 37.1 Å². The van der Waals surface area contributed by atoms with Crippen LogP contribution < -0.4 is 0 Å². The molecule has 1 aromatic carbocycles. The molecule has 4 heteroatoms. The smallest absolute Gasteiger partial charge is 0.270 e. The number of benzene rings is 1. The number of hydrogen-bond donors (Lipinski definition) is 1. The van der Waals surface area contributed by atoms with Gasteiger partial charge in [0.2, 0.25) is 0 Å². The van der Waals surface area contributed by atoms with Gasteiger partial charge in [-0.1, -0.05) is 25.1 Å². The summed E-state index contributed by atoms with van der Waals surface area (Å²) in [4.78, 5) is 14.9. The number of piperidine rings is 1. The highest BCUT2D eigenvalue weighted by atomic mass is 16.3. The maximum atomic E-state index is 13.0. The first-order chi connectivity index (χ1) is 11.1. The van der Waals surface area contributed by atoms with Crippen LogP contribution >= 0.6 is 0 Å². The molecule has 23 heavy (non-hydrogen) atoms. The van der Waals surface area contributed by atoms with Crippen LogP contribution in [0.25, 0.3) is 10.9 Å². The van der Waals surface area contributed by atoms with E-state index in [4.69, 9.17) is 0 Å². The number of hydrogen-bond acceptors (Lipinski definition) is 2. The SMILES string of the molecule is CCn1c(C(=O)N2CCC(CC)(CO)CC2)cc2ccccc21. The molecule has 4 nitrogen and oxygen atoms in total. The number of aliphatic hydroxyl groups is 1. The van der Waals surface area contributed by atoms with E-state index < -0.39 is 0 Å². The molecular weight excluding hydrogens is 288 g/mol. The maximum absolute atomic E-state index is 13.0. The van der Waals surface area contributed by atoms with Gasteiger partial charge < -0.3 is 14.6 Å². The first-order valence-electron chi connectivity index (χ1n) is 8.62. The van der Waals surface area contributed by atoms with Gasteiger partial charge in [0.15, 0.2) is 0 Å². The molecule has 0 bridgehead atoms. The summed E-state index contributed by atoms with van der Waals surface area (Å²) in [5.41, 5.74) is 1.91. The van der Waals surface area contributed by atoms with E-state index in [9.17, 15) is 9.90 Å². The third kappa shape index (κ3) is 2.76. The number of aliphatic hydroxyl groups excluding tert-OH is 1. The fourth-order valence-corrected chi connectivity index (χ4v) is 3.70. The van der Waals surface area contributed by atoms with Crippen LogP contribution in [-0.2, 0) is 6.54 Å². The lowest BCUT2D eigenvalue weighted by atomic mass is 9.77. The lowest BCUT2D eigenvalue weighted by Gasteiger charge is -2.40. The number of nitrogens with zero attached hydrogens (tertiary/aromatic N) is 2. The van der Waals surface area contributed by atoms with Crippen LogP contribution in [0.5, 0.6) is 0 Å². The molecule has 0 saturated carbocycles. The first-order valence-corrected chi connectivity index (χ1v) is 8.62. The van der Waals surface area contributed by atoms with E-state index >= 15 is 0 Å². The molecule has 1 saturated heterocycles. The number of likely N-dealkylation sites (tertiary alicyclic amines) is 1. The molecule has 1 fully saturated rings. The lowest BCUT2D eigenvalue weighted by molar-refractivity contribution is 0.0332. The van der Waals surface area contributed by atoms with Crippen LogP contribution in [0.4, 0.5) is 0 Å². The van der Waals surface area contributed by atoms with Gasteiger partial charge in [-0.05, 0) is 43.7 Å². The van der Waals surface area contributed by atoms with E-state index in [0.29, 0.717) is 0 Å². The summed E-state index contributed by atoms with van der Waals surface area (Å²) in [6.45, 7) is 6.69. The molecule has 1 aromatic heterocycles. The van der Waals surface area contributed by atoms with Crippen LogP contribution in [0, 0.1) is 5.41 Å². The topological polar surface area (TPSA) is 45.5 Å². The monoisotopic (exact) mass is 314 g/mol. The van der Waals surface area contributed by atoms with E-state index in [0.717, 1.165) is 55.5 Å². The van der Waals surface area contributed by atoms with Crippen molar-refractivity contribution in [3.8, 4) is 0 Å². The quantitative estimate of drug-likeness (QED) is 0.941. The second-order valence-corrected chi connectivity index (χ2v) is 6.64. The average Bonchev–Trinajstić information content (AvgIpc) is 2.99. The van der Waals surface area contributed by atoms with Crippen molar-refractivity contribution in [2.24, 2.45) is 5.41 Å². The minimum atomic E-state index is 0.00818. The molecule has 0 radical (unpaired) electrons. The number of amides is 1. The first kappa shape index (κ1) is 16.1. The molecule has 1 amide bonds. The molecule has 0 aliphatic carbocycles. The summed E-state index contributed by atoms with van der Waals surface area (Å²) in [7, 11) is 0. The largest absolute Gasteiger partial charge is 0.396 e. The minimum Gasteiger partial charge on any atom is -0.396 e. The number of aromatic nitrogens is 1. The standard InChI is InChI=1S/C19H26N2O2/c1-3-19(14-22)9-11-20(12-10-19)18(23)17-13-15-7-5-6-8-16(15)21(17)4-2/h5-8,13,22H,3-4,9-12,14H2,1-2H3. The van der Waals surface area contributed by atoms with Crippen LogP contribution in [-0.4, -0.2) is 40.2 Å². The summed E-state index contributed by atoms with van der Waals surface area (Å²) in [5, 5.41) is 10.8. The Bertz CT molecular complexity index is 690. The molecule has 1 aliphatic rings. The lowest BCUT2D eigenvalue weighted by Crippen LogP contribution is -2.44. The number of aryl methyl sites for hydroxylation is 1. The summed E-state index contributed by atoms with van der Waals surface area (Å²) in [5.74, 6) is 0.116. The Morgan fingerprint density at radius 2 is 1.91 bits per heavy atom. The van der Waals surface area contributed by atoms with Crippen molar-refractivity contribution in [3.63, 3.8) is 0 Å². The van der Waals surface area contributed by atoms with E-state index in [1.165, 1.54) is 0 Å². The van der Waals surface area contributed by atoms with Gasteiger partial charge in [0.1, 0.15) is 5.69 Å². The Morgan fingerprint density at radius 3 is 2.52 bits per heavy atom. The van der Waals surface area contributed by atoms with Gasteiger partial charge in [-0.2, -0.15) is 0 Å². The molecule has 2 heterocycles. The zero-order valence-corrected chi connectivity index (χ0v) is 14.1. The minimum absolute atomic E-state index is 0.00818. The predicted molar refractivity (Wildman–Crippen MR) is 92.6 cm³/mol. The Morgan fingerprint density at radius 1 is 1.22 bits per heavy atom. The van der Waals surface area contributed by atoms with E-state index in [2.05, 4.69) is 30.5 Å². The number of para-hydroxylation sites is 1. The Hall–Kier alpha value is -1.81. The van der Waals surface area contributed by atoms with E-state index in [1.54, 1.807) is 0 Å². The number of fused-ring (bicyclic) bond motifs is 1. The zero-order chi connectivity index (χ0) is 16.4.